The lowest BCUT2D eigenvalue weighted by Crippen LogP contribution is -2.30. The minimum atomic E-state index is -0.402. The summed E-state index contributed by atoms with van der Waals surface area (Å²) in [6.45, 7) is 0.663. The second-order valence-electron chi connectivity index (χ2n) is 4.42. The van der Waals surface area contributed by atoms with Gasteiger partial charge in [0.05, 0.1) is 4.92 Å². The summed E-state index contributed by atoms with van der Waals surface area (Å²) in [6.07, 6.45) is 0.745. The van der Waals surface area contributed by atoms with E-state index in [1.807, 2.05) is 30.3 Å². The third kappa shape index (κ3) is 4.85. The number of hydrogen-bond acceptors (Lipinski definition) is 3. The molecule has 0 aliphatic heterocycles. The van der Waals surface area contributed by atoms with Crippen LogP contribution in [0.25, 0.3) is 0 Å². The number of nitro benzene ring substituents is 1. The fourth-order valence-corrected chi connectivity index (χ4v) is 2.02. The van der Waals surface area contributed by atoms with Crippen molar-refractivity contribution in [3.8, 4) is 0 Å². The van der Waals surface area contributed by atoms with E-state index < -0.39 is 4.92 Å². The average molecular weight is 301 g/mol. The highest BCUT2D eigenvalue weighted by Crippen LogP contribution is 2.12. The maximum absolute atomic E-state index is 10.6. The Morgan fingerprint density at radius 1 is 1.10 bits per heavy atom. The predicted molar refractivity (Wildman–Crippen MR) is 87.5 cm³/mol. The van der Waals surface area contributed by atoms with Gasteiger partial charge in [-0.05, 0) is 36.3 Å². The van der Waals surface area contributed by atoms with Crippen LogP contribution in [0.2, 0.25) is 0 Å². The van der Waals surface area contributed by atoms with Gasteiger partial charge in [0, 0.05) is 24.4 Å². The second kappa shape index (κ2) is 7.35. The number of anilines is 1. The molecule has 0 fully saturated rings. The number of para-hydroxylation sites is 1. The van der Waals surface area contributed by atoms with Gasteiger partial charge in [-0.1, -0.05) is 30.3 Å². The summed E-state index contributed by atoms with van der Waals surface area (Å²) in [5, 5.41) is 17.3. The number of nitrogens with one attached hydrogen (secondary N) is 2. The third-order valence-corrected chi connectivity index (χ3v) is 3.12. The van der Waals surface area contributed by atoms with Crippen molar-refractivity contribution in [3.63, 3.8) is 0 Å². The molecule has 0 saturated carbocycles. The van der Waals surface area contributed by atoms with Gasteiger partial charge in [-0.25, -0.2) is 0 Å². The summed E-state index contributed by atoms with van der Waals surface area (Å²) in [5.41, 5.74) is 2.06. The fourth-order valence-electron chi connectivity index (χ4n) is 1.80. The molecule has 0 bridgehead atoms. The fraction of sp³-hybridized carbons (Fsp3) is 0.133. The molecule has 2 aromatic carbocycles. The van der Waals surface area contributed by atoms with Crippen LogP contribution < -0.4 is 10.6 Å². The Hall–Kier alpha value is -2.47. The molecule has 6 heteroatoms. The average Bonchev–Trinajstić information content (AvgIpc) is 2.49. The Balaban J connectivity index is 1.76. The number of benzene rings is 2. The van der Waals surface area contributed by atoms with Gasteiger partial charge in [-0.15, -0.1) is 0 Å². The monoisotopic (exact) mass is 301 g/mol. The first-order valence-corrected chi connectivity index (χ1v) is 6.89. The SMILES string of the molecule is O=[N+]([O-])c1ccc(CCNC(=S)Nc2ccccc2)cc1. The number of nitrogens with zero attached hydrogens (tertiary/aromatic N) is 1. The maximum atomic E-state index is 10.6. The number of hydrogen-bond donors (Lipinski definition) is 2. The molecule has 0 spiro atoms. The van der Waals surface area contributed by atoms with Crippen molar-refractivity contribution < 1.29 is 4.92 Å². The lowest BCUT2D eigenvalue weighted by Gasteiger charge is -2.10. The molecule has 21 heavy (non-hydrogen) atoms. The lowest BCUT2D eigenvalue weighted by atomic mass is 10.1. The summed E-state index contributed by atoms with van der Waals surface area (Å²) in [6, 6.07) is 16.2. The van der Waals surface area contributed by atoms with E-state index in [0.717, 1.165) is 17.7 Å². The van der Waals surface area contributed by atoms with Crippen LogP contribution >= 0.6 is 12.2 Å². The summed E-state index contributed by atoms with van der Waals surface area (Å²) in [5.74, 6) is 0. The van der Waals surface area contributed by atoms with Gasteiger partial charge in [-0.2, -0.15) is 0 Å². The molecule has 0 aromatic heterocycles. The van der Waals surface area contributed by atoms with Gasteiger partial charge < -0.3 is 10.6 Å². The first kappa shape index (κ1) is 14.9. The molecule has 0 amide bonds. The van der Waals surface area contributed by atoms with Crippen molar-refractivity contribution in [1.29, 1.82) is 0 Å². The Kier molecular flexibility index (Phi) is 5.22. The highest BCUT2D eigenvalue weighted by atomic mass is 32.1. The van der Waals surface area contributed by atoms with Crippen LogP contribution in [-0.2, 0) is 6.42 Å². The van der Waals surface area contributed by atoms with E-state index in [-0.39, 0.29) is 5.69 Å². The van der Waals surface area contributed by atoms with Gasteiger partial charge in [0.2, 0.25) is 0 Å². The maximum Gasteiger partial charge on any atom is 0.269 e. The summed E-state index contributed by atoms with van der Waals surface area (Å²) < 4.78 is 0. The van der Waals surface area contributed by atoms with E-state index >= 15 is 0 Å². The predicted octanol–water partition coefficient (Wildman–Crippen LogP) is 3.12. The summed E-state index contributed by atoms with van der Waals surface area (Å²) >= 11 is 5.19. The molecule has 2 rings (SSSR count). The number of thiocarbonyl (C=S) groups is 1. The minimum Gasteiger partial charge on any atom is -0.362 e. The highest BCUT2D eigenvalue weighted by molar-refractivity contribution is 7.80. The van der Waals surface area contributed by atoms with Crippen LogP contribution in [0.3, 0.4) is 0 Å². The van der Waals surface area contributed by atoms with E-state index in [2.05, 4.69) is 10.6 Å². The van der Waals surface area contributed by atoms with Crippen molar-refractivity contribution in [1.82, 2.24) is 5.32 Å². The molecule has 0 aliphatic carbocycles. The Labute approximate surface area is 128 Å². The van der Waals surface area contributed by atoms with Crippen molar-refractivity contribution in [3.05, 3.63) is 70.3 Å². The van der Waals surface area contributed by atoms with Gasteiger partial charge in [0.25, 0.3) is 5.69 Å². The quantitative estimate of drug-likeness (QED) is 0.504. The Morgan fingerprint density at radius 2 is 1.76 bits per heavy atom. The van der Waals surface area contributed by atoms with Gasteiger partial charge in [-0.3, -0.25) is 10.1 Å². The lowest BCUT2D eigenvalue weighted by molar-refractivity contribution is -0.384. The van der Waals surface area contributed by atoms with Crippen molar-refractivity contribution in [2.45, 2.75) is 6.42 Å². The summed E-state index contributed by atoms with van der Waals surface area (Å²) in [7, 11) is 0. The smallest absolute Gasteiger partial charge is 0.269 e. The molecular formula is C15H15N3O2S. The topological polar surface area (TPSA) is 67.2 Å². The Bertz CT molecular complexity index is 615. The first-order valence-electron chi connectivity index (χ1n) is 6.48. The van der Waals surface area contributed by atoms with E-state index in [0.29, 0.717) is 11.7 Å². The largest absolute Gasteiger partial charge is 0.362 e. The molecule has 0 aliphatic rings. The number of nitro groups is 1. The molecule has 108 valence electrons. The number of rotatable bonds is 5. The molecule has 2 aromatic rings. The standard InChI is InChI=1S/C15H15N3O2S/c19-18(20)14-8-6-12(7-9-14)10-11-16-15(21)17-13-4-2-1-3-5-13/h1-9H,10-11H2,(H2,16,17,21). The minimum absolute atomic E-state index is 0.105. The Morgan fingerprint density at radius 3 is 2.38 bits per heavy atom. The van der Waals surface area contributed by atoms with Crippen molar-refractivity contribution >= 4 is 28.7 Å². The molecule has 0 saturated heterocycles. The van der Waals surface area contributed by atoms with Crippen LogP contribution in [0.1, 0.15) is 5.56 Å². The zero-order valence-corrected chi connectivity index (χ0v) is 12.1. The van der Waals surface area contributed by atoms with Gasteiger partial charge >= 0.3 is 0 Å². The number of non-ortho nitro benzene ring substituents is 1. The van der Waals surface area contributed by atoms with Crippen LogP contribution in [0, 0.1) is 10.1 Å². The molecule has 0 radical (unpaired) electrons. The van der Waals surface area contributed by atoms with E-state index in [9.17, 15) is 10.1 Å². The van der Waals surface area contributed by atoms with E-state index in [1.54, 1.807) is 12.1 Å². The van der Waals surface area contributed by atoms with E-state index in [1.165, 1.54) is 12.1 Å². The molecule has 0 unspecified atom stereocenters. The molecular weight excluding hydrogens is 286 g/mol. The highest BCUT2D eigenvalue weighted by Gasteiger charge is 2.03. The molecule has 2 N–H and O–H groups in total. The van der Waals surface area contributed by atoms with Crippen LogP contribution in [0.5, 0.6) is 0 Å². The van der Waals surface area contributed by atoms with Crippen LogP contribution in [0.15, 0.2) is 54.6 Å². The first-order chi connectivity index (χ1) is 10.1. The van der Waals surface area contributed by atoms with Crippen molar-refractivity contribution in [2.75, 3.05) is 11.9 Å². The third-order valence-electron chi connectivity index (χ3n) is 2.88. The zero-order valence-electron chi connectivity index (χ0n) is 11.3. The zero-order chi connectivity index (χ0) is 15.1. The molecule has 0 atom stereocenters. The van der Waals surface area contributed by atoms with Gasteiger partial charge in [0.15, 0.2) is 5.11 Å². The van der Waals surface area contributed by atoms with Crippen LogP contribution in [-0.4, -0.2) is 16.6 Å². The van der Waals surface area contributed by atoms with Crippen molar-refractivity contribution in [2.24, 2.45) is 0 Å². The van der Waals surface area contributed by atoms with Crippen LogP contribution in [0.4, 0.5) is 11.4 Å². The molecule has 5 nitrogen and oxygen atoms in total. The van der Waals surface area contributed by atoms with E-state index in [4.69, 9.17) is 12.2 Å². The molecule has 0 heterocycles. The second-order valence-corrected chi connectivity index (χ2v) is 4.83. The normalized spacial score (nSPS) is 9.90. The summed E-state index contributed by atoms with van der Waals surface area (Å²) in [4.78, 5) is 10.2. The van der Waals surface area contributed by atoms with Gasteiger partial charge in [0.1, 0.15) is 0 Å².